The van der Waals surface area contributed by atoms with Crippen molar-refractivity contribution < 1.29 is 9.53 Å². The number of carbonyl (C=O) groups excluding carboxylic acids is 1. The Balaban J connectivity index is 1.40. The Labute approximate surface area is 203 Å². The predicted molar refractivity (Wildman–Crippen MR) is 134 cm³/mol. The van der Waals surface area contributed by atoms with Crippen molar-refractivity contribution in [2.24, 2.45) is 5.92 Å². The summed E-state index contributed by atoms with van der Waals surface area (Å²) < 4.78 is 5.31. The molecule has 6 heteroatoms. The van der Waals surface area contributed by atoms with E-state index in [2.05, 4.69) is 64.1 Å². The lowest BCUT2D eigenvalue weighted by Crippen LogP contribution is -2.56. The normalized spacial score (nSPS) is 27.5. The zero-order valence-corrected chi connectivity index (χ0v) is 20.9. The minimum Gasteiger partial charge on any atom is -0.481 e. The molecule has 3 fully saturated rings. The Hall–Kier alpha value is -2.60. The first kappa shape index (κ1) is 23.2. The molecule has 34 heavy (non-hydrogen) atoms. The Morgan fingerprint density at radius 1 is 1.09 bits per heavy atom. The molecule has 182 valence electrons. The van der Waals surface area contributed by atoms with Gasteiger partial charge in [0.1, 0.15) is 0 Å². The van der Waals surface area contributed by atoms with Gasteiger partial charge >= 0.3 is 6.03 Å². The smallest absolute Gasteiger partial charge is 0.320 e. The van der Waals surface area contributed by atoms with E-state index in [0.29, 0.717) is 18.3 Å². The van der Waals surface area contributed by atoms with Crippen LogP contribution in [0.4, 0.5) is 4.79 Å². The van der Waals surface area contributed by atoms with Gasteiger partial charge in [0.05, 0.1) is 12.6 Å². The third-order valence-corrected chi connectivity index (χ3v) is 8.78. The Morgan fingerprint density at radius 3 is 2.44 bits per heavy atom. The zero-order valence-electron chi connectivity index (χ0n) is 20.9. The fourth-order valence-corrected chi connectivity index (χ4v) is 6.39. The molecule has 2 aliphatic carbocycles. The molecule has 0 unspecified atom stereocenters. The van der Waals surface area contributed by atoms with Gasteiger partial charge in [0.2, 0.25) is 5.88 Å². The van der Waals surface area contributed by atoms with E-state index in [-0.39, 0.29) is 17.1 Å². The summed E-state index contributed by atoms with van der Waals surface area (Å²) in [5, 5.41) is 0. The van der Waals surface area contributed by atoms with Crippen LogP contribution in [0.15, 0.2) is 48.7 Å². The molecule has 1 spiro atoms. The number of benzene rings is 1. The number of rotatable bonds is 7. The largest absolute Gasteiger partial charge is 0.481 e. The lowest BCUT2D eigenvalue weighted by molar-refractivity contribution is 0.0159. The maximum Gasteiger partial charge on any atom is 0.320 e. The van der Waals surface area contributed by atoms with Gasteiger partial charge in [0.15, 0.2) is 0 Å². The van der Waals surface area contributed by atoms with Gasteiger partial charge in [-0.25, -0.2) is 9.78 Å². The van der Waals surface area contributed by atoms with Crippen LogP contribution in [0.5, 0.6) is 5.88 Å². The van der Waals surface area contributed by atoms with Gasteiger partial charge < -0.3 is 14.5 Å². The summed E-state index contributed by atoms with van der Waals surface area (Å²) in [6.07, 6.45) is 9.79. The van der Waals surface area contributed by atoms with Crippen molar-refractivity contribution in [2.45, 2.75) is 62.6 Å². The summed E-state index contributed by atoms with van der Waals surface area (Å²) >= 11 is 0. The van der Waals surface area contributed by atoms with E-state index in [1.165, 1.54) is 24.8 Å². The maximum atomic E-state index is 13.8. The highest BCUT2D eigenvalue weighted by Gasteiger charge is 2.54. The van der Waals surface area contributed by atoms with Crippen LogP contribution in [0, 0.1) is 5.92 Å². The van der Waals surface area contributed by atoms with E-state index < -0.39 is 0 Å². The number of pyridine rings is 1. The summed E-state index contributed by atoms with van der Waals surface area (Å²) in [6.45, 7) is 2.33. The van der Waals surface area contributed by atoms with Crippen molar-refractivity contribution in [1.82, 2.24) is 19.7 Å². The third-order valence-electron chi connectivity index (χ3n) is 8.78. The van der Waals surface area contributed by atoms with Crippen LogP contribution in [-0.4, -0.2) is 65.5 Å². The minimum atomic E-state index is -0.0713. The van der Waals surface area contributed by atoms with Gasteiger partial charge in [-0.3, -0.25) is 4.90 Å². The van der Waals surface area contributed by atoms with Crippen LogP contribution in [0.25, 0.3) is 0 Å². The SMILES string of the molecule is COc1cc(CN2CC3(CCC(c4ccccc4)(N(C)C)CC3)N(CC3CCC3)C2=O)ccn1. The second-order valence-corrected chi connectivity index (χ2v) is 10.8. The van der Waals surface area contributed by atoms with Crippen LogP contribution in [0.3, 0.4) is 0 Å². The number of hydrogen-bond donors (Lipinski definition) is 0. The molecule has 0 atom stereocenters. The summed E-state index contributed by atoms with van der Waals surface area (Å²) in [6, 6.07) is 15.1. The van der Waals surface area contributed by atoms with E-state index in [4.69, 9.17) is 4.74 Å². The first-order chi connectivity index (χ1) is 16.5. The lowest BCUT2D eigenvalue weighted by Gasteiger charge is -2.51. The van der Waals surface area contributed by atoms with Gasteiger partial charge in [-0.1, -0.05) is 36.8 Å². The molecule has 1 aromatic carbocycles. The average molecular weight is 463 g/mol. The lowest BCUT2D eigenvalue weighted by atomic mass is 9.68. The molecule has 1 saturated heterocycles. The molecule has 3 aliphatic rings. The predicted octanol–water partition coefficient (Wildman–Crippen LogP) is 4.90. The molecule has 2 aromatic rings. The second kappa shape index (κ2) is 9.21. The Kier molecular flexibility index (Phi) is 6.28. The van der Waals surface area contributed by atoms with Crippen LogP contribution in [0.1, 0.15) is 56.1 Å². The topological polar surface area (TPSA) is 48.9 Å². The number of amides is 2. The first-order valence-electron chi connectivity index (χ1n) is 12.7. The fourth-order valence-electron chi connectivity index (χ4n) is 6.39. The minimum absolute atomic E-state index is 0.0313. The maximum absolute atomic E-state index is 13.8. The monoisotopic (exact) mass is 462 g/mol. The highest BCUT2D eigenvalue weighted by Crippen LogP contribution is 2.49. The van der Waals surface area contributed by atoms with E-state index in [1.54, 1.807) is 13.3 Å². The van der Waals surface area contributed by atoms with Gasteiger partial charge in [0, 0.05) is 37.4 Å². The summed E-state index contributed by atoms with van der Waals surface area (Å²) in [7, 11) is 6.05. The molecular weight excluding hydrogens is 424 g/mol. The molecule has 2 amide bonds. The zero-order chi connectivity index (χ0) is 23.8. The number of methoxy groups -OCH3 is 1. The van der Waals surface area contributed by atoms with Crippen LogP contribution >= 0.6 is 0 Å². The van der Waals surface area contributed by atoms with Crippen molar-refractivity contribution in [3.8, 4) is 5.88 Å². The third kappa shape index (κ3) is 4.06. The van der Waals surface area contributed by atoms with Gasteiger partial charge in [-0.15, -0.1) is 0 Å². The summed E-state index contributed by atoms with van der Waals surface area (Å²) in [5.41, 5.74) is 2.43. The number of aromatic nitrogens is 1. The first-order valence-corrected chi connectivity index (χ1v) is 12.7. The van der Waals surface area contributed by atoms with Crippen molar-refractivity contribution in [1.29, 1.82) is 0 Å². The molecule has 0 bridgehead atoms. The number of hydrogen-bond acceptors (Lipinski definition) is 4. The van der Waals surface area contributed by atoms with Gasteiger partial charge in [-0.2, -0.15) is 0 Å². The molecule has 1 aliphatic heterocycles. The summed E-state index contributed by atoms with van der Waals surface area (Å²) in [4.78, 5) is 24.8. The van der Waals surface area contributed by atoms with Gasteiger partial charge in [0.25, 0.3) is 0 Å². The quantitative estimate of drug-likeness (QED) is 0.587. The van der Waals surface area contributed by atoms with E-state index in [0.717, 1.165) is 44.3 Å². The fraction of sp³-hybridized carbons (Fsp3) is 0.571. The van der Waals surface area contributed by atoms with E-state index in [9.17, 15) is 4.79 Å². The molecule has 2 heterocycles. The molecule has 2 saturated carbocycles. The van der Waals surface area contributed by atoms with E-state index in [1.807, 2.05) is 12.1 Å². The number of nitrogens with zero attached hydrogens (tertiary/aromatic N) is 4. The molecule has 5 rings (SSSR count). The molecule has 6 nitrogen and oxygen atoms in total. The van der Waals surface area contributed by atoms with Gasteiger partial charge in [-0.05, 0) is 75.7 Å². The molecule has 1 aromatic heterocycles. The highest BCUT2D eigenvalue weighted by atomic mass is 16.5. The number of ether oxygens (including phenoxy) is 1. The molecular formula is C28H38N4O2. The van der Waals surface area contributed by atoms with Crippen LogP contribution in [-0.2, 0) is 12.1 Å². The summed E-state index contributed by atoms with van der Waals surface area (Å²) in [5.74, 6) is 1.26. The Morgan fingerprint density at radius 2 is 1.82 bits per heavy atom. The Bertz CT molecular complexity index is 996. The standard InChI is InChI=1S/C28H38N4O2/c1-30(2)28(24-10-5-4-6-11-24)15-13-27(14-16-28)21-31(19-23-12-17-29-25(18-23)34-3)26(33)32(27)20-22-8-7-9-22/h4-6,10-12,17-18,22H,7-9,13-16,19-21H2,1-3H3. The van der Waals surface area contributed by atoms with Crippen LogP contribution in [0.2, 0.25) is 0 Å². The van der Waals surface area contributed by atoms with Crippen molar-refractivity contribution >= 4 is 6.03 Å². The number of urea groups is 1. The second-order valence-electron chi connectivity index (χ2n) is 10.8. The average Bonchev–Trinajstić information content (AvgIpc) is 3.07. The van der Waals surface area contributed by atoms with Crippen molar-refractivity contribution in [3.05, 3.63) is 59.8 Å². The van der Waals surface area contributed by atoms with Crippen molar-refractivity contribution in [3.63, 3.8) is 0 Å². The van der Waals surface area contributed by atoms with E-state index >= 15 is 0 Å². The van der Waals surface area contributed by atoms with Crippen LogP contribution < -0.4 is 4.74 Å². The molecule has 0 radical (unpaired) electrons. The molecule has 0 N–H and O–H groups in total. The highest BCUT2D eigenvalue weighted by molar-refractivity contribution is 5.78. The number of carbonyl (C=O) groups is 1. The van der Waals surface area contributed by atoms with Crippen molar-refractivity contribution in [2.75, 3.05) is 34.3 Å².